The molecule has 0 saturated carbocycles. The monoisotopic (exact) mass is 347 g/mol. The molecule has 1 amide bonds. The third kappa shape index (κ3) is 4.67. The maximum absolute atomic E-state index is 12.2. The van der Waals surface area contributed by atoms with Gasteiger partial charge >= 0.3 is 0 Å². The maximum Gasteiger partial charge on any atom is 0.220 e. The highest BCUT2D eigenvalue weighted by molar-refractivity contribution is 5.76. The first-order chi connectivity index (χ1) is 12.1. The fourth-order valence-electron chi connectivity index (χ4n) is 2.99. The van der Waals surface area contributed by atoms with Crippen molar-refractivity contribution in [3.05, 3.63) is 35.8 Å². The first-order valence-corrected chi connectivity index (χ1v) is 8.61. The molecule has 136 valence electrons. The molecule has 0 radical (unpaired) electrons. The lowest BCUT2D eigenvalue weighted by molar-refractivity contribution is -0.121. The van der Waals surface area contributed by atoms with Crippen LogP contribution >= 0.6 is 0 Å². The fraction of sp³-hybridized carbons (Fsp3) is 0.588. The zero-order valence-electron chi connectivity index (χ0n) is 14.8. The van der Waals surface area contributed by atoms with E-state index in [1.165, 1.54) is 0 Å². The maximum atomic E-state index is 12.2. The van der Waals surface area contributed by atoms with E-state index in [0.717, 1.165) is 30.4 Å². The zero-order valence-corrected chi connectivity index (χ0v) is 14.8. The summed E-state index contributed by atoms with van der Waals surface area (Å²) in [6, 6.07) is 3.97. The lowest BCUT2D eigenvalue weighted by Gasteiger charge is -2.33. The van der Waals surface area contributed by atoms with Gasteiger partial charge in [0.05, 0.1) is 19.3 Å². The number of amides is 1. The van der Waals surface area contributed by atoms with Crippen LogP contribution in [-0.4, -0.2) is 58.4 Å². The van der Waals surface area contributed by atoms with Crippen molar-refractivity contribution in [1.82, 2.24) is 25.0 Å². The van der Waals surface area contributed by atoms with Crippen LogP contribution in [0, 0.1) is 6.92 Å². The Morgan fingerprint density at radius 2 is 2.16 bits per heavy atom. The minimum absolute atomic E-state index is 0.00420. The summed E-state index contributed by atoms with van der Waals surface area (Å²) in [5.41, 5.74) is 0. The highest BCUT2D eigenvalue weighted by Crippen LogP contribution is 2.23. The number of furan rings is 1. The van der Waals surface area contributed by atoms with Crippen LogP contribution in [0.5, 0.6) is 0 Å². The minimum atomic E-state index is 0.00420. The molecule has 3 rings (SSSR count). The molecule has 1 N–H and O–H groups in total. The van der Waals surface area contributed by atoms with Crippen molar-refractivity contribution in [2.24, 2.45) is 7.05 Å². The number of nitrogens with one attached hydrogen (secondary N) is 1. The molecule has 2 aromatic heterocycles. The second kappa shape index (κ2) is 8.26. The number of carbonyl (C=O) groups excluding carboxylic acids is 1. The summed E-state index contributed by atoms with van der Waals surface area (Å²) in [5.74, 6) is 2.57. The number of hydrogen-bond donors (Lipinski definition) is 1. The summed E-state index contributed by atoms with van der Waals surface area (Å²) in [7, 11) is 1.88. The van der Waals surface area contributed by atoms with Gasteiger partial charge in [-0.1, -0.05) is 0 Å². The first-order valence-electron chi connectivity index (χ1n) is 8.61. The van der Waals surface area contributed by atoms with E-state index < -0.39 is 0 Å². The number of nitrogens with zero attached hydrogens (tertiary/aromatic N) is 4. The van der Waals surface area contributed by atoms with Crippen LogP contribution in [0.3, 0.4) is 0 Å². The molecule has 8 heteroatoms. The summed E-state index contributed by atoms with van der Waals surface area (Å²) in [6.45, 7) is 5.52. The Bertz CT molecular complexity index is 690. The molecule has 0 aromatic carbocycles. The molecule has 0 aliphatic carbocycles. The lowest BCUT2D eigenvalue weighted by Crippen LogP contribution is -2.43. The van der Waals surface area contributed by atoms with Gasteiger partial charge in [-0.15, -0.1) is 10.2 Å². The Balaban J connectivity index is 1.56. The molecular weight excluding hydrogens is 322 g/mol. The quantitative estimate of drug-likeness (QED) is 0.799. The van der Waals surface area contributed by atoms with E-state index in [1.54, 1.807) is 6.33 Å². The molecule has 0 spiro atoms. The van der Waals surface area contributed by atoms with Crippen molar-refractivity contribution < 1.29 is 13.9 Å². The molecule has 1 saturated heterocycles. The summed E-state index contributed by atoms with van der Waals surface area (Å²) in [5, 5.41) is 10.9. The summed E-state index contributed by atoms with van der Waals surface area (Å²) >= 11 is 0. The second-order valence-electron chi connectivity index (χ2n) is 6.27. The minimum Gasteiger partial charge on any atom is -0.465 e. The van der Waals surface area contributed by atoms with E-state index in [9.17, 15) is 4.79 Å². The number of hydrogen-bond acceptors (Lipinski definition) is 6. The summed E-state index contributed by atoms with van der Waals surface area (Å²) in [6.07, 6.45) is 2.60. The molecule has 0 unspecified atom stereocenters. The van der Waals surface area contributed by atoms with Gasteiger partial charge in [0, 0.05) is 39.5 Å². The molecule has 8 nitrogen and oxygen atoms in total. The van der Waals surface area contributed by atoms with Gasteiger partial charge in [0.1, 0.15) is 23.7 Å². The van der Waals surface area contributed by atoms with Crippen LogP contribution in [0.15, 0.2) is 22.9 Å². The second-order valence-corrected chi connectivity index (χ2v) is 6.27. The van der Waals surface area contributed by atoms with Gasteiger partial charge in [0.15, 0.2) is 0 Å². The lowest BCUT2D eigenvalue weighted by atomic mass is 10.1. The molecule has 0 bridgehead atoms. The molecule has 25 heavy (non-hydrogen) atoms. The van der Waals surface area contributed by atoms with E-state index in [4.69, 9.17) is 9.15 Å². The zero-order chi connectivity index (χ0) is 17.6. The van der Waals surface area contributed by atoms with Crippen LogP contribution in [-0.2, 0) is 23.0 Å². The number of ether oxygens (including phenoxy) is 1. The SMILES string of the molecule is Cc1ccc([C@H](CNC(=O)CCc2nncn2C)N2CCOCC2)o1. The van der Waals surface area contributed by atoms with Crippen LogP contribution in [0.2, 0.25) is 0 Å². The van der Waals surface area contributed by atoms with E-state index in [0.29, 0.717) is 32.6 Å². The van der Waals surface area contributed by atoms with Gasteiger partial charge in [-0.3, -0.25) is 9.69 Å². The fourth-order valence-corrected chi connectivity index (χ4v) is 2.99. The first kappa shape index (κ1) is 17.6. The number of morpholine rings is 1. The van der Waals surface area contributed by atoms with E-state index in [1.807, 2.05) is 30.7 Å². The van der Waals surface area contributed by atoms with E-state index in [-0.39, 0.29) is 11.9 Å². The predicted octanol–water partition coefficient (Wildman–Crippen LogP) is 0.839. The average Bonchev–Trinajstić information content (AvgIpc) is 3.22. The van der Waals surface area contributed by atoms with Gasteiger partial charge in [-0.05, 0) is 19.1 Å². The van der Waals surface area contributed by atoms with Crippen molar-refractivity contribution in [3.8, 4) is 0 Å². The van der Waals surface area contributed by atoms with Crippen molar-refractivity contribution in [2.75, 3.05) is 32.8 Å². The smallest absolute Gasteiger partial charge is 0.220 e. The number of carbonyl (C=O) groups is 1. The molecule has 1 atom stereocenters. The van der Waals surface area contributed by atoms with Crippen molar-refractivity contribution in [2.45, 2.75) is 25.8 Å². The molecule has 3 heterocycles. The van der Waals surface area contributed by atoms with Crippen molar-refractivity contribution in [3.63, 3.8) is 0 Å². The Morgan fingerprint density at radius 1 is 1.36 bits per heavy atom. The summed E-state index contributed by atoms with van der Waals surface area (Å²) < 4.78 is 13.1. The predicted molar refractivity (Wildman–Crippen MR) is 90.9 cm³/mol. The summed E-state index contributed by atoms with van der Waals surface area (Å²) in [4.78, 5) is 14.5. The highest BCUT2D eigenvalue weighted by atomic mass is 16.5. The van der Waals surface area contributed by atoms with Crippen molar-refractivity contribution >= 4 is 5.91 Å². The Labute approximate surface area is 147 Å². The van der Waals surface area contributed by atoms with Crippen LogP contribution in [0.4, 0.5) is 0 Å². The third-order valence-electron chi connectivity index (χ3n) is 4.45. The van der Waals surface area contributed by atoms with Gasteiger partial charge in [0.25, 0.3) is 0 Å². The van der Waals surface area contributed by atoms with Gasteiger partial charge in [0.2, 0.25) is 5.91 Å². The third-order valence-corrected chi connectivity index (χ3v) is 4.45. The topological polar surface area (TPSA) is 85.4 Å². The standard InChI is InChI=1S/C17H25N5O3/c1-13-3-4-15(25-13)14(22-7-9-24-10-8-22)11-18-17(23)6-5-16-20-19-12-21(16)2/h3-4,12,14H,5-11H2,1-2H3,(H,18,23)/t14-/m0/s1. The molecular formula is C17H25N5O3. The Kier molecular flexibility index (Phi) is 5.83. The van der Waals surface area contributed by atoms with Crippen molar-refractivity contribution in [1.29, 1.82) is 0 Å². The number of aryl methyl sites for hydroxylation is 3. The molecule has 1 fully saturated rings. The van der Waals surface area contributed by atoms with Gasteiger partial charge < -0.3 is 19.0 Å². The van der Waals surface area contributed by atoms with Crippen LogP contribution in [0.25, 0.3) is 0 Å². The van der Waals surface area contributed by atoms with E-state index in [2.05, 4.69) is 20.4 Å². The highest BCUT2D eigenvalue weighted by Gasteiger charge is 2.25. The van der Waals surface area contributed by atoms with E-state index >= 15 is 0 Å². The van der Waals surface area contributed by atoms with Gasteiger partial charge in [-0.25, -0.2) is 0 Å². The van der Waals surface area contributed by atoms with Crippen LogP contribution < -0.4 is 5.32 Å². The largest absolute Gasteiger partial charge is 0.465 e. The van der Waals surface area contributed by atoms with Gasteiger partial charge in [-0.2, -0.15) is 0 Å². The Hall–Kier alpha value is -2.19. The number of rotatable bonds is 7. The van der Waals surface area contributed by atoms with Crippen LogP contribution in [0.1, 0.15) is 29.8 Å². The number of aromatic nitrogens is 3. The molecule has 2 aromatic rings. The molecule has 1 aliphatic heterocycles. The Morgan fingerprint density at radius 3 is 2.80 bits per heavy atom. The molecule has 1 aliphatic rings. The normalized spacial score (nSPS) is 16.7. The average molecular weight is 347 g/mol.